The molecule has 1 fully saturated rings. The molecule has 0 spiro atoms. The third kappa shape index (κ3) is 2.35. The zero-order chi connectivity index (χ0) is 12.4. The molecular weight excluding hydrogens is 224 g/mol. The fourth-order valence-electron chi connectivity index (χ4n) is 3.17. The van der Waals surface area contributed by atoms with Gasteiger partial charge >= 0.3 is 0 Å². The van der Waals surface area contributed by atoms with Crippen molar-refractivity contribution in [3.8, 4) is 0 Å². The van der Waals surface area contributed by atoms with E-state index in [2.05, 4.69) is 24.3 Å². The summed E-state index contributed by atoms with van der Waals surface area (Å²) in [6, 6.07) is 8.51. The van der Waals surface area contributed by atoms with Crippen LogP contribution >= 0.6 is 0 Å². The minimum Gasteiger partial charge on any atom is -0.370 e. The molecule has 0 bridgehead atoms. The summed E-state index contributed by atoms with van der Waals surface area (Å²) in [5.74, 6) is 0.534. The van der Waals surface area contributed by atoms with Crippen LogP contribution in [0.25, 0.3) is 0 Å². The minimum atomic E-state index is -0.117. The molecule has 0 N–H and O–H groups in total. The summed E-state index contributed by atoms with van der Waals surface area (Å²) in [7, 11) is 0. The molecule has 0 amide bonds. The van der Waals surface area contributed by atoms with Crippen molar-refractivity contribution in [1.82, 2.24) is 0 Å². The van der Waals surface area contributed by atoms with Crippen LogP contribution in [0.1, 0.15) is 36.8 Å². The van der Waals surface area contributed by atoms with Crippen molar-refractivity contribution in [3.05, 3.63) is 35.4 Å². The van der Waals surface area contributed by atoms with Crippen LogP contribution in [0, 0.1) is 5.92 Å². The molecule has 0 saturated carbocycles. The SMILES string of the molecule is O=C(C1CCc2ccccc2C1)C1CCCCO1. The smallest absolute Gasteiger partial charge is 0.164 e. The second-order valence-electron chi connectivity index (χ2n) is 5.47. The lowest BCUT2D eigenvalue weighted by Crippen LogP contribution is -2.35. The molecule has 1 aliphatic heterocycles. The highest BCUT2D eigenvalue weighted by Gasteiger charge is 2.31. The second-order valence-corrected chi connectivity index (χ2v) is 5.47. The largest absolute Gasteiger partial charge is 0.370 e. The molecule has 2 aliphatic rings. The van der Waals surface area contributed by atoms with Gasteiger partial charge in [-0.05, 0) is 49.7 Å². The van der Waals surface area contributed by atoms with E-state index in [4.69, 9.17) is 4.74 Å². The molecule has 2 heteroatoms. The molecule has 1 heterocycles. The zero-order valence-corrected chi connectivity index (χ0v) is 10.7. The monoisotopic (exact) mass is 244 g/mol. The Labute approximate surface area is 108 Å². The summed E-state index contributed by atoms with van der Waals surface area (Å²) in [5.41, 5.74) is 2.78. The molecule has 0 aromatic heterocycles. The Morgan fingerprint density at radius 2 is 1.94 bits per heavy atom. The van der Waals surface area contributed by atoms with Gasteiger partial charge in [-0.3, -0.25) is 4.79 Å². The number of hydrogen-bond donors (Lipinski definition) is 0. The van der Waals surface area contributed by atoms with Gasteiger partial charge in [0.05, 0.1) is 0 Å². The average Bonchev–Trinajstić information content (AvgIpc) is 2.47. The molecular formula is C16H20O2. The van der Waals surface area contributed by atoms with Gasteiger partial charge in [-0.2, -0.15) is 0 Å². The minimum absolute atomic E-state index is 0.117. The first-order valence-corrected chi connectivity index (χ1v) is 7.07. The number of fused-ring (bicyclic) bond motifs is 1. The first-order valence-electron chi connectivity index (χ1n) is 7.07. The van der Waals surface area contributed by atoms with E-state index in [1.807, 2.05) is 0 Å². The number of ether oxygens (including phenoxy) is 1. The van der Waals surface area contributed by atoms with Gasteiger partial charge in [0.25, 0.3) is 0 Å². The maximum Gasteiger partial charge on any atom is 0.164 e. The van der Waals surface area contributed by atoms with Crippen molar-refractivity contribution in [2.45, 2.75) is 44.6 Å². The van der Waals surface area contributed by atoms with E-state index in [1.165, 1.54) is 11.1 Å². The molecule has 96 valence electrons. The van der Waals surface area contributed by atoms with Crippen LogP contribution in [-0.2, 0) is 22.4 Å². The Morgan fingerprint density at radius 1 is 1.11 bits per heavy atom. The van der Waals surface area contributed by atoms with E-state index in [9.17, 15) is 4.79 Å². The van der Waals surface area contributed by atoms with Crippen LogP contribution in [0.4, 0.5) is 0 Å². The Balaban J connectivity index is 1.69. The number of aryl methyl sites for hydroxylation is 1. The number of benzene rings is 1. The van der Waals surface area contributed by atoms with Crippen LogP contribution in [0.3, 0.4) is 0 Å². The molecule has 18 heavy (non-hydrogen) atoms. The zero-order valence-electron chi connectivity index (χ0n) is 10.7. The van der Waals surface area contributed by atoms with Crippen molar-refractivity contribution in [3.63, 3.8) is 0 Å². The van der Waals surface area contributed by atoms with E-state index in [0.717, 1.165) is 45.1 Å². The number of carbonyl (C=O) groups is 1. The summed E-state index contributed by atoms with van der Waals surface area (Å²) in [4.78, 5) is 12.4. The molecule has 2 nitrogen and oxygen atoms in total. The molecule has 0 radical (unpaired) electrons. The quantitative estimate of drug-likeness (QED) is 0.799. The summed E-state index contributed by atoms with van der Waals surface area (Å²) >= 11 is 0. The van der Waals surface area contributed by atoms with Gasteiger partial charge in [-0.1, -0.05) is 24.3 Å². The Hall–Kier alpha value is -1.15. The maximum atomic E-state index is 12.4. The van der Waals surface area contributed by atoms with Crippen LogP contribution < -0.4 is 0 Å². The van der Waals surface area contributed by atoms with Crippen molar-refractivity contribution in [1.29, 1.82) is 0 Å². The van der Waals surface area contributed by atoms with Gasteiger partial charge in [0.2, 0.25) is 0 Å². The molecule has 2 atom stereocenters. The molecule has 1 aliphatic carbocycles. The van der Waals surface area contributed by atoms with Crippen molar-refractivity contribution in [2.24, 2.45) is 5.92 Å². The summed E-state index contributed by atoms with van der Waals surface area (Å²) < 4.78 is 5.63. The number of Topliss-reactive ketones (excluding diaryl/α,β-unsaturated/α-hetero) is 1. The lowest BCUT2D eigenvalue weighted by Gasteiger charge is -2.29. The van der Waals surface area contributed by atoms with E-state index >= 15 is 0 Å². The van der Waals surface area contributed by atoms with Gasteiger partial charge in [0.1, 0.15) is 6.10 Å². The lowest BCUT2D eigenvalue weighted by atomic mass is 9.79. The topological polar surface area (TPSA) is 26.3 Å². The van der Waals surface area contributed by atoms with Gasteiger partial charge in [-0.15, -0.1) is 0 Å². The van der Waals surface area contributed by atoms with Gasteiger partial charge in [0.15, 0.2) is 5.78 Å². The van der Waals surface area contributed by atoms with E-state index < -0.39 is 0 Å². The summed E-state index contributed by atoms with van der Waals surface area (Å²) in [6.07, 6.45) is 6.01. The van der Waals surface area contributed by atoms with E-state index in [1.54, 1.807) is 0 Å². The highest BCUT2D eigenvalue weighted by molar-refractivity contribution is 5.86. The molecule has 1 saturated heterocycles. The first kappa shape index (κ1) is 11.9. The van der Waals surface area contributed by atoms with Crippen molar-refractivity contribution >= 4 is 5.78 Å². The summed E-state index contributed by atoms with van der Waals surface area (Å²) in [5, 5.41) is 0. The molecule has 1 aromatic rings. The van der Waals surface area contributed by atoms with E-state index in [0.29, 0.717) is 5.78 Å². The number of rotatable bonds is 2. The lowest BCUT2D eigenvalue weighted by molar-refractivity contribution is -0.137. The average molecular weight is 244 g/mol. The Morgan fingerprint density at radius 3 is 2.72 bits per heavy atom. The first-order chi connectivity index (χ1) is 8.84. The maximum absolute atomic E-state index is 12.4. The highest BCUT2D eigenvalue weighted by atomic mass is 16.5. The van der Waals surface area contributed by atoms with Crippen molar-refractivity contribution < 1.29 is 9.53 Å². The summed E-state index contributed by atoms with van der Waals surface area (Å²) in [6.45, 7) is 0.764. The Kier molecular flexibility index (Phi) is 3.46. The van der Waals surface area contributed by atoms with E-state index in [-0.39, 0.29) is 12.0 Å². The van der Waals surface area contributed by atoms with Gasteiger partial charge < -0.3 is 4.74 Å². The van der Waals surface area contributed by atoms with Crippen LogP contribution in [0.15, 0.2) is 24.3 Å². The molecule has 2 unspecified atom stereocenters. The Bertz CT molecular complexity index is 432. The van der Waals surface area contributed by atoms with Crippen molar-refractivity contribution in [2.75, 3.05) is 6.61 Å². The standard InChI is InChI=1S/C16H20O2/c17-16(15-7-3-4-10-18-15)14-9-8-12-5-1-2-6-13(12)11-14/h1-2,5-6,14-15H,3-4,7-11H2. The van der Waals surface area contributed by atoms with Gasteiger partial charge in [-0.25, -0.2) is 0 Å². The van der Waals surface area contributed by atoms with Crippen LogP contribution in [-0.4, -0.2) is 18.5 Å². The predicted octanol–water partition coefficient (Wildman–Crippen LogP) is 2.93. The number of ketones is 1. The third-order valence-electron chi connectivity index (χ3n) is 4.25. The third-order valence-corrected chi connectivity index (χ3v) is 4.25. The second kappa shape index (κ2) is 5.23. The number of hydrogen-bond acceptors (Lipinski definition) is 2. The predicted molar refractivity (Wildman–Crippen MR) is 70.6 cm³/mol. The molecule has 3 rings (SSSR count). The van der Waals surface area contributed by atoms with Gasteiger partial charge in [0, 0.05) is 12.5 Å². The fraction of sp³-hybridized carbons (Fsp3) is 0.562. The molecule has 1 aromatic carbocycles. The normalized spacial score (nSPS) is 27.6. The number of carbonyl (C=O) groups excluding carboxylic acids is 1. The fourth-order valence-corrected chi connectivity index (χ4v) is 3.17. The highest BCUT2D eigenvalue weighted by Crippen LogP contribution is 2.28. The van der Waals surface area contributed by atoms with Crippen LogP contribution in [0.2, 0.25) is 0 Å². The van der Waals surface area contributed by atoms with Crippen LogP contribution in [0.5, 0.6) is 0 Å².